The number of thioether (sulfide) groups is 1. The Balaban J connectivity index is 1.20. The molecule has 0 saturated carbocycles. The molecule has 7 nitrogen and oxygen atoms in total. The number of carbonyl (C=O) groups is 2. The van der Waals surface area contributed by atoms with Crippen LogP contribution < -0.4 is 19.7 Å². The van der Waals surface area contributed by atoms with Crippen LogP contribution >= 0.6 is 23.1 Å². The number of carbonyl (C=O) groups excluding carboxylic acids is 2. The number of aromatic nitrogens is 1. The van der Waals surface area contributed by atoms with E-state index >= 15 is 0 Å². The average Bonchev–Trinajstić information content (AvgIpc) is 3.73. The molecule has 0 spiro atoms. The first-order valence-corrected chi connectivity index (χ1v) is 22.4. The van der Waals surface area contributed by atoms with Crippen molar-refractivity contribution in [3.63, 3.8) is 0 Å². The zero-order valence-corrected chi connectivity index (χ0v) is 35.3. The highest BCUT2D eigenvalue weighted by Crippen LogP contribution is 2.52. The van der Waals surface area contributed by atoms with Gasteiger partial charge in [-0.3, -0.25) is 9.59 Å². The quantitative estimate of drug-likeness (QED) is 0.0773. The third-order valence-electron chi connectivity index (χ3n) is 11.4. The Hall–Kier alpha value is -4.73. The Bertz CT molecular complexity index is 2310. The van der Waals surface area contributed by atoms with E-state index in [9.17, 15) is 19.8 Å². The molecule has 9 heteroatoms. The molecule has 3 aromatic rings. The molecule has 57 heavy (non-hydrogen) atoms. The number of hydrogen-bond acceptors (Lipinski definition) is 7. The summed E-state index contributed by atoms with van der Waals surface area (Å²) in [6.45, 7) is 6.45. The van der Waals surface area contributed by atoms with Crippen LogP contribution in [0.4, 0.5) is 5.69 Å². The predicted octanol–water partition coefficient (Wildman–Crippen LogP) is 8.55. The molecule has 0 bridgehead atoms. The molecule has 1 aliphatic heterocycles. The molecule has 296 valence electrons. The van der Waals surface area contributed by atoms with E-state index in [1.807, 2.05) is 96.4 Å². The van der Waals surface area contributed by atoms with Crippen molar-refractivity contribution in [1.82, 2.24) is 0 Å². The Morgan fingerprint density at radius 2 is 1.35 bits per heavy atom. The maximum Gasteiger partial charge on any atom is 0.263 e. The minimum Gasteiger partial charge on any atom is -0.871 e. The van der Waals surface area contributed by atoms with E-state index in [0.29, 0.717) is 10.6 Å². The van der Waals surface area contributed by atoms with Gasteiger partial charge in [0.05, 0.1) is 10.7 Å². The molecule has 3 aliphatic carbocycles. The van der Waals surface area contributed by atoms with E-state index in [4.69, 9.17) is 0 Å². The van der Waals surface area contributed by atoms with E-state index in [2.05, 4.69) is 18.4 Å². The Morgan fingerprint density at radius 3 is 1.96 bits per heavy atom. The van der Waals surface area contributed by atoms with E-state index in [-0.39, 0.29) is 27.9 Å². The fraction of sp³-hybridized carbons (Fsp3) is 0.375. The number of nitrogens with zero attached hydrogens (tertiary/aromatic N) is 3. The Kier molecular flexibility index (Phi) is 13.0. The van der Waals surface area contributed by atoms with Gasteiger partial charge in [-0.25, -0.2) is 4.58 Å². The molecule has 2 aromatic carbocycles. The van der Waals surface area contributed by atoms with Gasteiger partial charge in [0.1, 0.15) is 24.8 Å². The zero-order chi connectivity index (χ0) is 40.1. The first-order valence-electron chi connectivity index (χ1n) is 20.7. The largest absolute Gasteiger partial charge is 0.871 e. The average molecular weight is 800 g/mol. The molecule has 4 aliphatic rings. The van der Waals surface area contributed by atoms with Crippen LogP contribution in [0.5, 0.6) is 0 Å². The van der Waals surface area contributed by atoms with Gasteiger partial charge in [-0.05, 0) is 48.8 Å². The second-order valence-corrected chi connectivity index (χ2v) is 17.4. The third-order valence-corrected chi connectivity index (χ3v) is 13.8. The smallest absolute Gasteiger partial charge is 0.263 e. The Morgan fingerprint density at radius 1 is 0.754 bits per heavy atom. The van der Waals surface area contributed by atoms with E-state index in [0.717, 1.165) is 57.4 Å². The standard InChI is InChI=1S/C48H53N3O4S2/c1-5-7-9-11-13-19-29-51(30-20-14-12-10-8-6-2)33-27-25-32(26-28-33)40-46(54)43(47(40)55)41(48-50(4)36-22-16-18-24-38(36)57-48)42-44(52)34(45(42)53)31-39-49(3)35-21-15-17-23-37(35)56-39/h15-18,21-28,31H,5-14,19-20,29-30H2,1-4H3. The number of rotatable bonds is 17. The van der Waals surface area contributed by atoms with Crippen molar-refractivity contribution < 1.29 is 28.9 Å². The van der Waals surface area contributed by atoms with Crippen LogP contribution in [0.15, 0.2) is 128 Å². The Labute approximate surface area is 345 Å². The molecule has 0 amide bonds. The van der Waals surface area contributed by atoms with Crippen LogP contribution in [-0.4, -0.2) is 42.0 Å². The summed E-state index contributed by atoms with van der Waals surface area (Å²) in [5.74, 6) is -1.77. The zero-order valence-electron chi connectivity index (χ0n) is 33.7. The van der Waals surface area contributed by atoms with Crippen molar-refractivity contribution in [2.75, 3.05) is 25.0 Å². The van der Waals surface area contributed by atoms with Crippen molar-refractivity contribution >= 4 is 62.4 Å². The molecular formula is C48H53N3O4S2. The van der Waals surface area contributed by atoms with Crippen molar-refractivity contribution in [2.45, 2.75) is 95.8 Å². The highest BCUT2D eigenvalue weighted by Gasteiger charge is 2.43. The van der Waals surface area contributed by atoms with Crippen molar-refractivity contribution in [1.29, 1.82) is 0 Å². The highest BCUT2D eigenvalue weighted by molar-refractivity contribution is 8.03. The highest BCUT2D eigenvalue weighted by atomic mass is 32.2. The molecule has 7 rings (SSSR count). The summed E-state index contributed by atoms with van der Waals surface area (Å²) in [5.41, 5.74) is 3.66. The SMILES string of the molecule is CCCCCCCC[N+](CCCCCCCC)=C1C=CC(=C2C(=O)C(/C(C3=C([O-])/C(=C\c4sc5ccccc5[n+]4C)C3=O)=C3\Sc4ccccc4N3C)=C2[O-])C=C1. The van der Waals surface area contributed by atoms with Crippen LogP contribution in [0.2, 0.25) is 0 Å². The lowest BCUT2D eigenvalue weighted by Gasteiger charge is -2.39. The van der Waals surface area contributed by atoms with E-state index in [1.54, 1.807) is 6.08 Å². The normalized spacial score (nSPS) is 18.1. The fourth-order valence-corrected chi connectivity index (χ4v) is 10.4. The third kappa shape index (κ3) is 8.19. The van der Waals surface area contributed by atoms with Gasteiger partial charge in [0.2, 0.25) is 5.52 Å². The lowest BCUT2D eigenvalue weighted by molar-refractivity contribution is -0.642. The van der Waals surface area contributed by atoms with E-state index < -0.39 is 23.1 Å². The number of aryl methyl sites for hydroxylation is 1. The number of benzene rings is 2. The van der Waals surface area contributed by atoms with Crippen LogP contribution in [0.3, 0.4) is 0 Å². The van der Waals surface area contributed by atoms with Crippen molar-refractivity contribution in [3.05, 3.63) is 128 Å². The van der Waals surface area contributed by atoms with Crippen LogP contribution in [0.1, 0.15) is 95.9 Å². The second kappa shape index (κ2) is 18.2. The summed E-state index contributed by atoms with van der Waals surface area (Å²) in [5, 5.41) is 29.6. The second-order valence-electron chi connectivity index (χ2n) is 15.3. The topological polar surface area (TPSA) is 90.4 Å². The van der Waals surface area contributed by atoms with Gasteiger partial charge in [-0.15, -0.1) is 0 Å². The van der Waals surface area contributed by atoms with Crippen LogP contribution in [0, 0.1) is 0 Å². The number of hydrogen-bond donors (Lipinski definition) is 0. The molecule has 1 aromatic heterocycles. The maximum absolute atomic E-state index is 14.2. The number of para-hydroxylation sites is 2. The van der Waals surface area contributed by atoms with Gasteiger partial charge in [-0.1, -0.05) is 124 Å². The molecular weight excluding hydrogens is 747 g/mol. The first kappa shape index (κ1) is 40.5. The minimum absolute atomic E-state index is 0.0551. The molecule has 0 radical (unpaired) electrons. The lowest BCUT2D eigenvalue weighted by atomic mass is 9.73. The number of ketones is 2. The van der Waals surface area contributed by atoms with Crippen molar-refractivity contribution in [3.8, 4) is 0 Å². The maximum atomic E-state index is 14.2. The number of fused-ring (bicyclic) bond motifs is 2. The molecule has 0 unspecified atom stereocenters. The summed E-state index contributed by atoms with van der Waals surface area (Å²) < 4.78 is 5.46. The number of Topliss-reactive ketones (excluding diaryl/α,β-unsaturated/α-hetero) is 2. The number of unbranched alkanes of at least 4 members (excludes halogenated alkanes) is 10. The summed E-state index contributed by atoms with van der Waals surface area (Å²) in [6, 6.07) is 15.7. The van der Waals surface area contributed by atoms with Crippen molar-refractivity contribution in [2.24, 2.45) is 7.05 Å². The number of anilines is 1. The summed E-state index contributed by atoms with van der Waals surface area (Å²) in [4.78, 5) is 31.1. The molecule has 0 N–H and O–H groups in total. The summed E-state index contributed by atoms with van der Waals surface area (Å²) >= 11 is 2.87. The van der Waals surface area contributed by atoms with Gasteiger partial charge in [0.15, 0.2) is 17.3 Å². The number of allylic oxidation sites excluding steroid dienone is 10. The molecule has 0 atom stereocenters. The molecule has 0 saturated heterocycles. The van der Waals surface area contributed by atoms with Gasteiger partial charge >= 0.3 is 0 Å². The molecule has 0 fully saturated rings. The van der Waals surface area contributed by atoms with Gasteiger partial charge < -0.3 is 15.1 Å². The first-order chi connectivity index (χ1) is 27.7. The van der Waals surface area contributed by atoms with Gasteiger partial charge in [-0.2, -0.15) is 4.57 Å². The van der Waals surface area contributed by atoms with Crippen LogP contribution in [0.25, 0.3) is 16.3 Å². The van der Waals surface area contributed by atoms with Gasteiger partial charge in [0.25, 0.3) is 5.01 Å². The lowest BCUT2D eigenvalue weighted by Crippen LogP contribution is -2.39. The number of thiazole rings is 1. The predicted molar refractivity (Wildman–Crippen MR) is 230 cm³/mol. The minimum atomic E-state index is -0.452. The monoisotopic (exact) mass is 799 g/mol. The van der Waals surface area contributed by atoms with E-state index in [1.165, 1.54) is 87.3 Å². The summed E-state index contributed by atoms with van der Waals surface area (Å²) in [6.07, 6.45) is 24.3. The van der Waals surface area contributed by atoms with Crippen LogP contribution in [-0.2, 0) is 16.6 Å². The van der Waals surface area contributed by atoms with Gasteiger partial charge in [0, 0.05) is 76.9 Å². The summed E-state index contributed by atoms with van der Waals surface area (Å²) in [7, 11) is 3.75. The fourth-order valence-electron chi connectivity index (χ4n) is 8.06. The molecule has 2 heterocycles.